The third kappa shape index (κ3) is 5.32. The van der Waals surface area contributed by atoms with Gasteiger partial charge < -0.3 is 10.6 Å². The van der Waals surface area contributed by atoms with Gasteiger partial charge in [-0.25, -0.2) is 8.42 Å². The molecule has 0 radical (unpaired) electrons. The summed E-state index contributed by atoms with van der Waals surface area (Å²) in [5.74, 6) is -0.835. The monoisotopic (exact) mass is 403 g/mol. The third-order valence-electron chi connectivity index (χ3n) is 4.06. The quantitative estimate of drug-likeness (QED) is 0.708. The van der Waals surface area contributed by atoms with Crippen LogP contribution in [0.2, 0.25) is 0 Å². The first-order valence-corrected chi connectivity index (χ1v) is 10.8. The summed E-state index contributed by atoms with van der Waals surface area (Å²) in [6.45, 7) is 3.97. The molecule has 1 atom stereocenters. The molecular formula is C20H25N3O4S. The molecule has 7 nitrogen and oxygen atoms in total. The first-order valence-electron chi connectivity index (χ1n) is 8.98. The molecule has 0 saturated heterocycles. The molecule has 0 unspecified atom stereocenters. The van der Waals surface area contributed by atoms with Crippen LogP contribution in [-0.2, 0) is 14.8 Å². The van der Waals surface area contributed by atoms with Crippen molar-refractivity contribution in [3.63, 3.8) is 0 Å². The van der Waals surface area contributed by atoms with Gasteiger partial charge >= 0.3 is 0 Å². The minimum absolute atomic E-state index is 0.298. The number of nitrogens with zero attached hydrogens (tertiary/aromatic N) is 1. The molecule has 28 heavy (non-hydrogen) atoms. The largest absolute Gasteiger partial charge is 0.352 e. The molecule has 8 heteroatoms. The molecule has 2 aromatic rings. The van der Waals surface area contributed by atoms with Crippen LogP contribution in [0.5, 0.6) is 0 Å². The van der Waals surface area contributed by atoms with E-state index >= 15 is 0 Å². The minimum atomic E-state index is -3.70. The van der Waals surface area contributed by atoms with E-state index in [2.05, 4.69) is 10.6 Å². The van der Waals surface area contributed by atoms with Crippen LogP contribution in [0, 0.1) is 0 Å². The van der Waals surface area contributed by atoms with Gasteiger partial charge in [-0.2, -0.15) is 0 Å². The van der Waals surface area contributed by atoms with E-state index in [4.69, 9.17) is 0 Å². The lowest BCUT2D eigenvalue weighted by molar-refractivity contribution is -0.116. The van der Waals surface area contributed by atoms with Gasteiger partial charge in [-0.15, -0.1) is 0 Å². The molecule has 0 aliphatic carbocycles. The molecule has 0 saturated carbocycles. The van der Waals surface area contributed by atoms with Crippen molar-refractivity contribution in [2.75, 3.05) is 22.4 Å². The molecule has 0 fully saturated rings. The van der Waals surface area contributed by atoms with Crippen molar-refractivity contribution in [2.45, 2.75) is 26.3 Å². The van der Waals surface area contributed by atoms with Crippen LogP contribution in [0.1, 0.15) is 30.6 Å². The summed E-state index contributed by atoms with van der Waals surface area (Å²) in [6.07, 6.45) is 1.84. The van der Waals surface area contributed by atoms with Crippen LogP contribution >= 0.6 is 0 Å². The number of anilines is 2. The number of nitrogens with one attached hydrogen (secondary N) is 2. The van der Waals surface area contributed by atoms with Crippen LogP contribution in [0.15, 0.2) is 54.6 Å². The van der Waals surface area contributed by atoms with E-state index < -0.39 is 22.0 Å². The van der Waals surface area contributed by atoms with E-state index in [0.717, 1.165) is 17.0 Å². The molecule has 0 heterocycles. The Kier molecular flexibility index (Phi) is 7.17. The maximum atomic E-state index is 12.8. The fourth-order valence-electron chi connectivity index (χ4n) is 2.74. The van der Waals surface area contributed by atoms with Gasteiger partial charge in [0.1, 0.15) is 6.04 Å². The zero-order valence-corrected chi connectivity index (χ0v) is 17.0. The van der Waals surface area contributed by atoms with E-state index in [1.54, 1.807) is 54.6 Å². The number of para-hydroxylation sites is 2. The first kappa shape index (κ1) is 21.4. The van der Waals surface area contributed by atoms with Crippen molar-refractivity contribution in [1.82, 2.24) is 5.32 Å². The maximum absolute atomic E-state index is 12.8. The van der Waals surface area contributed by atoms with Gasteiger partial charge in [-0.1, -0.05) is 37.3 Å². The van der Waals surface area contributed by atoms with Gasteiger partial charge in [-0.05, 0) is 37.6 Å². The molecule has 0 aromatic heterocycles. The van der Waals surface area contributed by atoms with Crippen molar-refractivity contribution in [2.24, 2.45) is 0 Å². The predicted molar refractivity (Wildman–Crippen MR) is 111 cm³/mol. The van der Waals surface area contributed by atoms with Gasteiger partial charge in [0.15, 0.2) is 0 Å². The number of hydrogen-bond acceptors (Lipinski definition) is 4. The molecule has 2 rings (SSSR count). The van der Waals surface area contributed by atoms with Crippen LogP contribution in [0.25, 0.3) is 0 Å². The van der Waals surface area contributed by atoms with Crippen molar-refractivity contribution in [3.05, 3.63) is 60.2 Å². The summed E-state index contributed by atoms with van der Waals surface area (Å²) >= 11 is 0. The summed E-state index contributed by atoms with van der Waals surface area (Å²) in [6, 6.07) is 14.0. The molecule has 0 spiro atoms. The second-order valence-corrected chi connectivity index (χ2v) is 8.22. The van der Waals surface area contributed by atoms with Gasteiger partial charge in [0.25, 0.3) is 5.91 Å². The van der Waals surface area contributed by atoms with Crippen LogP contribution in [0.4, 0.5) is 11.4 Å². The standard InChI is InChI=1S/C20H25N3O4S/c1-4-14-21-20(25)17-12-8-9-13-18(17)22-19(24)15(2)23(28(3,26)27)16-10-6-5-7-11-16/h5-13,15H,4,14H2,1-3H3,(H,21,25)(H,22,24)/t15-/m1/s1. The number of hydrogen-bond donors (Lipinski definition) is 2. The molecule has 0 aliphatic heterocycles. The Bertz CT molecular complexity index is 929. The van der Waals surface area contributed by atoms with Crippen LogP contribution in [0.3, 0.4) is 0 Å². The number of benzene rings is 2. The van der Waals surface area contributed by atoms with Crippen molar-refractivity contribution in [3.8, 4) is 0 Å². The highest BCUT2D eigenvalue weighted by Gasteiger charge is 2.29. The highest BCUT2D eigenvalue weighted by molar-refractivity contribution is 7.92. The average molecular weight is 404 g/mol. The zero-order valence-electron chi connectivity index (χ0n) is 16.2. The minimum Gasteiger partial charge on any atom is -0.352 e. The number of carbonyl (C=O) groups excluding carboxylic acids is 2. The topological polar surface area (TPSA) is 95.6 Å². The Hall–Kier alpha value is -2.87. The highest BCUT2D eigenvalue weighted by atomic mass is 32.2. The van der Waals surface area contributed by atoms with Crippen LogP contribution < -0.4 is 14.9 Å². The Morgan fingerprint density at radius 2 is 1.64 bits per heavy atom. The van der Waals surface area contributed by atoms with E-state index in [-0.39, 0.29) is 5.91 Å². The fraction of sp³-hybridized carbons (Fsp3) is 0.300. The lowest BCUT2D eigenvalue weighted by Crippen LogP contribution is -2.45. The molecular weight excluding hydrogens is 378 g/mol. The normalized spacial score (nSPS) is 12.1. The number of rotatable bonds is 8. The van der Waals surface area contributed by atoms with E-state index in [1.165, 1.54) is 6.92 Å². The molecule has 2 aromatic carbocycles. The smallest absolute Gasteiger partial charge is 0.253 e. The van der Waals surface area contributed by atoms with E-state index in [1.807, 2.05) is 6.92 Å². The molecule has 2 N–H and O–H groups in total. The van der Waals surface area contributed by atoms with Crippen molar-refractivity contribution in [1.29, 1.82) is 0 Å². The zero-order chi connectivity index (χ0) is 20.7. The Labute approximate surface area is 165 Å². The first-order chi connectivity index (χ1) is 13.3. The number of carbonyl (C=O) groups is 2. The van der Waals surface area contributed by atoms with Gasteiger partial charge in [0.05, 0.1) is 23.2 Å². The second-order valence-electron chi connectivity index (χ2n) is 6.36. The lowest BCUT2D eigenvalue weighted by atomic mass is 10.1. The Morgan fingerprint density at radius 1 is 1.04 bits per heavy atom. The molecule has 150 valence electrons. The Morgan fingerprint density at radius 3 is 2.25 bits per heavy atom. The van der Waals surface area contributed by atoms with Gasteiger partial charge in [-0.3, -0.25) is 13.9 Å². The fourth-order valence-corrected chi connectivity index (χ4v) is 3.92. The predicted octanol–water partition coefficient (Wildman–Crippen LogP) is 2.62. The Balaban J connectivity index is 2.28. The summed E-state index contributed by atoms with van der Waals surface area (Å²) in [5.41, 5.74) is 1.04. The highest BCUT2D eigenvalue weighted by Crippen LogP contribution is 2.22. The summed E-state index contributed by atoms with van der Waals surface area (Å²) in [5, 5.41) is 5.45. The summed E-state index contributed by atoms with van der Waals surface area (Å²) < 4.78 is 25.7. The molecule has 2 amide bonds. The average Bonchev–Trinajstić information content (AvgIpc) is 2.66. The molecule has 0 bridgehead atoms. The maximum Gasteiger partial charge on any atom is 0.253 e. The van der Waals surface area contributed by atoms with E-state index in [0.29, 0.717) is 23.5 Å². The summed E-state index contributed by atoms with van der Waals surface area (Å²) in [4.78, 5) is 25.1. The SMILES string of the molecule is CCCNC(=O)c1ccccc1NC(=O)[C@@H](C)N(c1ccccc1)S(C)(=O)=O. The molecule has 0 aliphatic rings. The van der Waals surface area contributed by atoms with Crippen molar-refractivity contribution < 1.29 is 18.0 Å². The summed E-state index contributed by atoms with van der Waals surface area (Å²) in [7, 11) is -3.70. The number of amides is 2. The lowest BCUT2D eigenvalue weighted by Gasteiger charge is -2.28. The van der Waals surface area contributed by atoms with Crippen LogP contribution in [-0.4, -0.2) is 39.1 Å². The van der Waals surface area contributed by atoms with Crippen molar-refractivity contribution >= 4 is 33.2 Å². The van der Waals surface area contributed by atoms with Gasteiger partial charge in [0.2, 0.25) is 15.9 Å². The number of sulfonamides is 1. The second kappa shape index (κ2) is 9.36. The van der Waals surface area contributed by atoms with Gasteiger partial charge in [0, 0.05) is 6.54 Å². The van der Waals surface area contributed by atoms with E-state index in [9.17, 15) is 18.0 Å². The third-order valence-corrected chi connectivity index (χ3v) is 5.31.